The van der Waals surface area contributed by atoms with E-state index in [0.29, 0.717) is 0 Å². The summed E-state index contributed by atoms with van der Waals surface area (Å²) in [5.74, 6) is -2.06. The van der Waals surface area contributed by atoms with Crippen LogP contribution in [0, 0.1) is 17.2 Å². The van der Waals surface area contributed by atoms with Gasteiger partial charge in [-0.1, -0.05) is 54.6 Å². The topological polar surface area (TPSA) is 61.1 Å². The summed E-state index contributed by atoms with van der Waals surface area (Å²) in [6.45, 7) is 0. The summed E-state index contributed by atoms with van der Waals surface area (Å²) in [6.07, 6.45) is 0.237. The second-order valence-electron chi connectivity index (χ2n) is 4.29. The molecule has 0 spiro atoms. The third kappa shape index (κ3) is 3.20. The average molecular weight is 251 g/mol. The molecule has 1 N–H and O–H groups in total. The van der Waals surface area contributed by atoms with Crippen LogP contribution < -0.4 is 0 Å². The number of carboxylic acid groups (broad SMARTS) is 1. The second kappa shape index (κ2) is 5.83. The van der Waals surface area contributed by atoms with Crippen LogP contribution in [0.4, 0.5) is 0 Å². The number of nitriles is 1. The van der Waals surface area contributed by atoms with Crippen LogP contribution in [-0.4, -0.2) is 11.1 Å². The van der Waals surface area contributed by atoms with Crippen molar-refractivity contribution in [2.45, 2.75) is 6.42 Å². The second-order valence-corrected chi connectivity index (χ2v) is 4.29. The maximum Gasteiger partial charge on any atom is 0.321 e. The molecule has 0 saturated carbocycles. The van der Waals surface area contributed by atoms with Crippen molar-refractivity contribution in [2.75, 3.05) is 0 Å². The first-order chi connectivity index (χ1) is 9.20. The molecule has 94 valence electrons. The molecule has 0 heterocycles. The molecule has 0 aliphatic rings. The minimum absolute atomic E-state index is 0.237. The lowest BCUT2D eigenvalue weighted by Gasteiger charge is -2.06. The van der Waals surface area contributed by atoms with Crippen LogP contribution in [0.3, 0.4) is 0 Å². The maximum atomic E-state index is 10.8. The number of hydrogen-bond donors (Lipinski definition) is 1. The van der Waals surface area contributed by atoms with Crippen LogP contribution >= 0.6 is 0 Å². The number of carboxylic acids is 1. The number of rotatable bonds is 4. The van der Waals surface area contributed by atoms with Crippen molar-refractivity contribution < 1.29 is 9.90 Å². The van der Waals surface area contributed by atoms with Crippen LogP contribution in [-0.2, 0) is 11.2 Å². The Bertz CT molecular complexity index is 597. The van der Waals surface area contributed by atoms with Gasteiger partial charge >= 0.3 is 5.97 Å². The molecule has 1 unspecified atom stereocenters. The van der Waals surface area contributed by atoms with E-state index in [4.69, 9.17) is 10.4 Å². The summed E-state index contributed by atoms with van der Waals surface area (Å²) in [5.41, 5.74) is 3.05. The van der Waals surface area contributed by atoms with Gasteiger partial charge < -0.3 is 5.11 Å². The van der Waals surface area contributed by atoms with Gasteiger partial charge in [0.15, 0.2) is 0 Å². The van der Waals surface area contributed by atoms with Gasteiger partial charge in [-0.15, -0.1) is 0 Å². The highest BCUT2D eigenvalue weighted by atomic mass is 16.4. The zero-order valence-electron chi connectivity index (χ0n) is 10.3. The molecular weight excluding hydrogens is 238 g/mol. The molecule has 3 heteroatoms. The monoisotopic (exact) mass is 251 g/mol. The Kier molecular flexibility index (Phi) is 3.94. The van der Waals surface area contributed by atoms with E-state index in [9.17, 15) is 4.79 Å². The van der Waals surface area contributed by atoms with Crippen molar-refractivity contribution in [3.8, 4) is 17.2 Å². The number of benzene rings is 2. The zero-order chi connectivity index (χ0) is 13.7. The predicted octanol–water partition coefficient (Wildman–Crippen LogP) is 3.12. The Morgan fingerprint density at radius 3 is 2.16 bits per heavy atom. The lowest BCUT2D eigenvalue weighted by molar-refractivity contribution is -0.139. The summed E-state index contributed by atoms with van der Waals surface area (Å²) < 4.78 is 0. The number of hydrogen-bond acceptors (Lipinski definition) is 2. The van der Waals surface area contributed by atoms with Gasteiger partial charge in [0, 0.05) is 0 Å². The largest absolute Gasteiger partial charge is 0.480 e. The fraction of sp³-hybridized carbons (Fsp3) is 0.125. The van der Waals surface area contributed by atoms with Gasteiger partial charge in [-0.05, 0) is 23.1 Å². The molecule has 0 bridgehead atoms. The van der Waals surface area contributed by atoms with Crippen molar-refractivity contribution in [3.63, 3.8) is 0 Å². The van der Waals surface area contributed by atoms with Crippen molar-refractivity contribution in [2.24, 2.45) is 5.92 Å². The number of aliphatic carboxylic acids is 1. The molecule has 0 amide bonds. The van der Waals surface area contributed by atoms with E-state index in [0.717, 1.165) is 16.7 Å². The van der Waals surface area contributed by atoms with Crippen LogP contribution in [0.1, 0.15) is 5.56 Å². The molecule has 0 fully saturated rings. The Morgan fingerprint density at radius 1 is 1.05 bits per heavy atom. The first kappa shape index (κ1) is 12.8. The SMILES string of the molecule is N#CC(Cc1ccc(-c2ccccc2)cc1)C(=O)O. The molecule has 0 radical (unpaired) electrons. The molecular formula is C16H13NO2. The minimum Gasteiger partial charge on any atom is -0.480 e. The van der Waals surface area contributed by atoms with E-state index in [-0.39, 0.29) is 6.42 Å². The molecule has 19 heavy (non-hydrogen) atoms. The summed E-state index contributed by atoms with van der Waals surface area (Å²) >= 11 is 0. The fourth-order valence-corrected chi connectivity index (χ4v) is 1.89. The molecule has 2 rings (SSSR count). The van der Waals surface area contributed by atoms with Gasteiger partial charge in [-0.3, -0.25) is 4.79 Å². The highest BCUT2D eigenvalue weighted by Crippen LogP contribution is 2.20. The summed E-state index contributed by atoms with van der Waals surface area (Å²) in [4.78, 5) is 10.8. The highest BCUT2D eigenvalue weighted by molar-refractivity contribution is 5.73. The van der Waals surface area contributed by atoms with E-state index in [1.807, 2.05) is 54.6 Å². The molecule has 2 aromatic carbocycles. The summed E-state index contributed by atoms with van der Waals surface area (Å²) in [7, 11) is 0. The lowest BCUT2D eigenvalue weighted by Crippen LogP contribution is -2.14. The molecule has 0 aliphatic heterocycles. The highest BCUT2D eigenvalue weighted by Gasteiger charge is 2.16. The van der Waals surface area contributed by atoms with Gasteiger partial charge in [-0.25, -0.2) is 0 Å². The van der Waals surface area contributed by atoms with Gasteiger partial charge in [0.2, 0.25) is 0 Å². The summed E-state index contributed by atoms with van der Waals surface area (Å²) in [5, 5.41) is 17.6. The Morgan fingerprint density at radius 2 is 1.63 bits per heavy atom. The summed E-state index contributed by atoms with van der Waals surface area (Å²) in [6, 6.07) is 19.4. The quantitative estimate of drug-likeness (QED) is 0.908. The zero-order valence-corrected chi connectivity index (χ0v) is 10.3. The van der Waals surface area contributed by atoms with Crippen molar-refractivity contribution >= 4 is 5.97 Å². The number of nitrogens with zero attached hydrogens (tertiary/aromatic N) is 1. The first-order valence-electron chi connectivity index (χ1n) is 5.97. The Balaban J connectivity index is 2.16. The maximum absolute atomic E-state index is 10.8. The van der Waals surface area contributed by atoms with E-state index in [2.05, 4.69) is 0 Å². The van der Waals surface area contributed by atoms with Crippen LogP contribution in [0.15, 0.2) is 54.6 Å². The lowest BCUT2D eigenvalue weighted by atomic mass is 9.98. The van der Waals surface area contributed by atoms with E-state index >= 15 is 0 Å². The normalized spacial score (nSPS) is 11.5. The molecule has 3 nitrogen and oxygen atoms in total. The van der Waals surface area contributed by atoms with Gasteiger partial charge in [-0.2, -0.15) is 5.26 Å². The van der Waals surface area contributed by atoms with Gasteiger partial charge in [0.1, 0.15) is 5.92 Å². The van der Waals surface area contributed by atoms with E-state index in [1.54, 1.807) is 6.07 Å². The van der Waals surface area contributed by atoms with Crippen molar-refractivity contribution in [1.29, 1.82) is 5.26 Å². The van der Waals surface area contributed by atoms with E-state index in [1.165, 1.54) is 0 Å². The standard InChI is InChI=1S/C16H13NO2/c17-11-15(16(18)19)10-12-6-8-14(9-7-12)13-4-2-1-3-5-13/h1-9,15H,10H2,(H,18,19). The van der Waals surface area contributed by atoms with Crippen LogP contribution in [0.5, 0.6) is 0 Å². The van der Waals surface area contributed by atoms with Crippen LogP contribution in [0.2, 0.25) is 0 Å². The van der Waals surface area contributed by atoms with Crippen molar-refractivity contribution in [3.05, 3.63) is 60.2 Å². The predicted molar refractivity (Wildman–Crippen MR) is 72.3 cm³/mol. The van der Waals surface area contributed by atoms with Gasteiger partial charge in [0.05, 0.1) is 6.07 Å². The Hall–Kier alpha value is -2.60. The third-order valence-electron chi connectivity index (χ3n) is 2.95. The molecule has 0 aliphatic carbocycles. The third-order valence-corrected chi connectivity index (χ3v) is 2.95. The first-order valence-corrected chi connectivity index (χ1v) is 5.97. The number of carbonyl (C=O) groups is 1. The van der Waals surface area contributed by atoms with E-state index < -0.39 is 11.9 Å². The molecule has 0 saturated heterocycles. The smallest absolute Gasteiger partial charge is 0.321 e. The molecule has 1 atom stereocenters. The average Bonchev–Trinajstić information content (AvgIpc) is 2.46. The molecule has 2 aromatic rings. The minimum atomic E-state index is -1.07. The van der Waals surface area contributed by atoms with Gasteiger partial charge in [0.25, 0.3) is 0 Å². The fourth-order valence-electron chi connectivity index (χ4n) is 1.89. The Labute approximate surface area is 111 Å². The van der Waals surface area contributed by atoms with Crippen LogP contribution in [0.25, 0.3) is 11.1 Å². The van der Waals surface area contributed by atoms with Crippen molar-refractivity contribution in [1.82, 2.24) is 0 Å². The molecule has 0 aromatic heterocycles.